The number of carbonyl (C=O) groups excluding carboxylic acids is 1. The molecule has 1 aliphatic heterocycles. The summed E-state index contributed by atoms with van der Waals surface area (Å²) in [6.07, 6.45) is 3.90. The van der Waals surface area contributed by atoms with Crippen molar-refractivity contribution in [2.45, 2.75) is 25.7 Å². The van der Waals surface area contributed by atoms with Crippen LogP contribution >= 0.6 is 0 Å². The van der Waals surface area contributed by atoms with E-state index >= 15 is 0 Å². The molecule has 110 valence electrons. The van der Waals surface area contributed by atoms with E-state index in [2.05, 4.69) is 0 Å². The van der Waals surface area contributed by atoms with Crippen LogP contribution in [0.1, 0.15) is 35.2 Å². The zero-order valence-corrected chi connectivity index (χ0v) is 12.4. The van der Waals surface area contributed by atoms with Crippen molar-refractivity contribution in [1.82, 2.24) is 0 Å². The van der Waals surface area contributed by atoms with E-state index in [4.69, 9.17) is 5.73 Å². The van der Waals surface area contributed by atoms with Crippen molar-refractivity contribution >= 4 is 21.5 Å². The van der Waals surface area contributed by atoms with Gasteiger partial charge in [0, 0.05) is 18.5 Å². The average Bonchev–Trinajstić information content (AvgIpc) is 2.42. The molecule has 2 N–H and O–H groups in total. The van der Waals surface area contributed by atoms with Gasteiger partial charge in [-0.15, -0.1) is 0 Å². The molecule has 1 heterocycles. The van der Waals surface area contributed by atoms with E-state index in [0.29, 0.717) is 37.2 Å². The summed E-state index contributed by atoms with van der Waals surface area (Å²) in [6.45, 7) is 1.00. The summed E-state index contributed by atoms with van der Waals surface area (Å²) in [5.41, 5.74) is 7.69. The fraction of sp³-hybridized carbons (Fsp3) is 0.500. The van der Waals surface area contributed by atoms with Gasteiger partial charge in [-0.05, 0) is 49.6 Å². The van der Waals surface area contributed by atoms with E-state index in [1.165, 1.54) is 10.6 Å². The Labute approximate surface area is 119 Å². The van der Waals surface area contributed by atoms with Crippen molar-refractivity contribution in [2.24, 2.45) is 5.73 Å². The van der Waals surface area contributed by atoms with Gasteiger partial charge in [-0.3, -0.25) is 9.10 Å². The van der Waals surface area contributed by atoms with E-state index in [1.807, 2.05) is 6.07 Å². The fourth-order valence-corrected chi connectivity index (χ4v) is 3.48. The number of anilines is 1. The Morgan fingerprint density at radius 3 is 2.80 bits per heavy atom. The van der Waals surface area contributed by atoms with E-state index in [9.17, 15) is 13.2 Å². The standard InChI is InChI=1S/C14H20N2O3S/c1-20(18,19)16-9-3-4-11-10-12(6-7-13(11)16)14(17)5-2-8-15/h6-7,10H,2-5,8-9,15H2,1H3. The third-order valence-electron chi connectivity index (χ3n) is 3.49. The van der Waals surface area contributed by atoms with Gasteiger partial charge >= 0.3 is 0 Å². The molecule has 0 atom stereocenters. The number of hydrogen-bond donors (Lipinski definition) is 1. The topological polar surface area (TPSA) is 80.5 Å². The lowest BCUT2D eigenvalue weighted by atomic mass is 9.98. The highest BCUT2D eigenvalue weighted by Crippen LogP contribution is 2.30. The number of aryl methyl sites for hydroxylation is 1. The Morgan fingerprint density at radius 2 is 2.15 bits per heavy atom. The Balaban J connectivity index is 2.30. The van der Waals surface area contributed by atoms with Gasteiger partial charge in [-0.1, -0.05) is 0 Å². The smallest absolute Gasteiger partial charge is 0.232 e. The van der Waals surface area contributed by atoms with Crippen molar-refractivity contribution in [2.75, 3.05) is 23.7 Å². The normalized spacial score (nSPS) is 15.0. The van der Waals surface area contributed by atoms with Crippen LogP contribution in [0.5, 0.6) is 0 Å². The Morgan fingerprint density at radius 1 is 1.40 bits per heavy atom. The van der Waals surface area contributed by atoms with Crippen molar-refractivity contribution in [1.29, 1.82) is 0 Å². The van der Waals surface area contributed by atoms with Gasteiger partial charge < -0.3 is 5.73 Å². The molecule has 6 heteroatoms. The Hall–Kier alpha value is -1.40. The molecule has 1 aliphatic rings. The predicted octanol–water partition coefficient (Wildman–Crippen LogP) is 1.32. The van der Waals surface area contributed by atoms with Gasteiger partial charge in [-0.2, -0.15) is 0 Å². The number of fused-ring (bicyclic) bond motifs is 1. The SMILES string of the molecule is CS(=O)(=O)N1CCCc2cc(C(=O)CCCN)ccc21. The molecule has 0 aromatic heterocycles. The zero-order valence-electron chi connectivity index (χ0n) is 11.6. The minimum atomic E-state index is -3.25. The summed E-state index contributed by atoms with van der Waals surface area (Å²) in [7, 11) is -3.25. The van der Waals surface area contributed by atoms with E-state index in [0.717, 1.165) is 18.4 Å². The predicted molar refractivity (Wildman–Crippen MR) is 79.6 cm³/mol. The summed E-state index contributed by atoms with van der Waals surface area (Å²) in [4.78, 5) is 12.0. The summed E-state index contributed by atoms with van der Waals surface area (Å²) in [6, 6.07) is 5.28. The van der Waals surface area contributed by atoms with Crippen LogP contribution < -0.4 is 10.0 Å². The number of hydrogen-bond acceptors (Lipinski definition) is 4. The molecule has 0 unspecified atom stereocenters. The number of benzene rings is 1. The number of carbonyl (C=O) groups is 1. The number of nitrogens with two attached hydrogens (primary N) is 1. The number of ketones is 1. The lowest BCUT2D eigenvalue weighted by Crippen LogP contribution is -2.34. The molecule has 0 saturated carbocycles. The molecular weight excluding hydrogens is 276 g/mol. The first-order valence-electron chi connectivity index (χ1n) is 6.77. The highest BCUT2D eigenvalue weighted by atomic mass is 32.2. The van der Waals surface area contributed by atoms with Gasteiger partial charge in [0.2, 0.25) is 10.0 Å². The summed E-state index contributed by atoms with van der Waals surface area (Å²) in [5.74, 6) is 0.0646. The summed E-state index contributed by atoms with van der Waals surface area (Å²) in [5, 5.41) is 0. The van der Waals surface area contributed by atoms with Gasteiger partial charge in [0.25, 0.3) is 0 Å². The summed E-state index contributed by atoms with van der Waals surface area (Å²) >= 11 is 0. The lowest BCUT2D eigenvalue weighted by molar-refractivity contribution is 0.0980. The maximum absolute atomic E-state index is 12.0. The first kappa shape index (κ1) is 15.0. The van der Waals surface area contributed by atoms with Gasteiger partial charge in [0.05, 0.1) is 11.9 Å². The minimum absolute atomic E-state index is 0.0646. The number of rotatable bonds is 5. The average molecular weight is 296 g/mol. The van der Waals surface area contributed by atoms with Crippen molar-refractivity contribution in [3.05, 3.63) is 29.3 Å². The molecule has 0 aliphatic carbocycles. The van der Waals surface area contributed by atoms with Crippen LogP contribution in [0, 0.1) is 0 Å². The largest absolute Gasteiger partial charge is 0.330 e. The van der Waals surface area contributed by atoms with E-state index < -0.39 is 10.0 Å². The quantitative estimate of drug-likeness (QED) is 0.831. The molecule has 0 amide bonds. The maximum atomic E-state index is 12.0. The third kappa shape index (κ3) is 3.19. The highest BCUT2D eigenvalue weighted by Gasteiger charge is 2.24. The lowest BCUT2D eigenvalue weighted by Gasteiger charge is -2.29. The maximum Gasteiger partial charge on any atom is 0.232 e. The molecule has 0 saturated heterocycles. The number of sulfonamides is 1. The van der Waals surface area contributed by atoms with Crippen molar-refractivity contribution in [3.8, 4) is 0 Å². The van der Waals surface area contributed by atoms with Crippen LogP contribution in [0.15, 0.2) is 18.2 Å². The molecule has 5 nitrogen and oxygen atoms in total. The van der Waals surface area contributed by atoms with Crippen LogP contribution in [0.25, 0.3) is 0 Å². The van der Waals surface area contributed by atoms with Crippen LogP contribution in [0.3, 0.4) is 0 Å². The monoisotopic (exact) mass is 296 g/mol. The van der Waals surface area contributed by atoms with Crippen LogP contribution in [0.4, 0.5) is 5.69 Å². The molecule has 0 spiro atoms. The Kier molecular flexibility index (Phi) is 4.45. The first-order chi connectivity index (χ1) is 9.43. The second kappa shape index (κ2) is 5.93. The van der Waals surface area contributed by atoms with Crippen LogP contribution in [0.2, 0.25) is 0 Å². The van der Waals surface area contributed by atoms with Crippen molar-refractivity contribution in [3.63, 3.8) is 0 Å². The molecule has 1 aromatic carbocycles. The van der Waals surface area contributed by atoms with Crippen LogP contribution in [-0.2, 0) is 16.4 Å². The van der Waals surface area contributed by atoms with Gasteiger partial charge in [0.1, 0.15) is 0 Å². The van der Waals surface area contributed by atoms with Gasteiger partial charge in [0.15, 0.2) is 5.78 Å². The zero-order chi connectivity index (χ0) is 14.8. The Bertz CT molecular complexity index is 611. The molecule has 20 heavy (non-hydrogen) atoms. The molecule has 0 bridgehead atoms. The highest BCUT2D eigenvalue weighted by molar-refractivity contribution is 7.92. The second-order valence-corrected chi connectivity index (χ2v) is 7.00. The van der Waals surface area contributed by atoms with E-state index in [-0.39, 0.29) is 5.78 Å². The first-order valence-corrected chi connectivity index (χ1v) is 8.62. The fourth-order valence-electron chi connectivity index (χ4n) is 2.49. The van der Waals surface area contributed by atoms with Gasteiger partial charge in [-0.25, -0.2) is 8.42 Å². The van der Waals surface area contributed by atoms with Crippen molar-refractivity contribution < 1.29 is 13.2 Å². The third-order valence-corrected chi connectivity index (χ3v) is 4.67. The number of Topliss-reactive ketones (excluding diaryl/α,β-unsaturated/α-hetero) is 1. The molecule has 0 fully saturated rings. The minimum Gasteiger partial charge on any atom is -0.330 e. The van der Waals surface area contributed by atoms with E-state index in [1.54, 1.807) is 12.1 Å². The molecular formula is C14H20N2O3S. The molecule has 0 radical (unpaired) electrons. The second-order valence-electron chi connectivity index (χ2n) is 5.10. The number of nitrogens with zero attached hydrogens (tertiary/aromatic N) is 1. The molecule has 1 aromatic rings. The van der Waals surface area contributed by atoms with Crippen LogP contribution in [-0.4, -0.2) is 33.5 Å². The molecule has 2 rings (SSSR count). The summed E-state index contributed by atoms with van der Waals surface area (Å²) < 4.78 is 24.9.